The van der Waals surface area contributed by atoms with Gasteiger partial charge in [0.25, 0.3) is 5.91 Å². The molecule has 1 unspecified atom stereocenters. The lowest BCUT2D eigenvalue weighted by Crippen LogP contribution is -2.43. The molecule has 1 aromatic carbocycles. The molecule has 2 aromatic rings. The lowest BCUT2D eigenvalue weighted by atomic mass is 9.95. The summed E-state index contributed by atoms with van der Waals surface area (Å²) < 4.78 is 5.19. The first-order chi connectivity index (χ1) is 14.5. The minimum atomic E-state index is -0.0961. The fourth-order valence-corrected chi connectivity index (χ4v) is 4.60. The van der Waals surface area contributed by atoms with E-state index in [4.69, 9.17) is 16.0 Å². The normalized spacial score (nSPS) is 19.9. The Bertz CT molecular complexity index is 891. The molecule has 0 saturated carbocycles. The van der Waals surface area contributed by atoms with Crippen LogP contribution in [-0.2, 0) is 4.79 Å². The molecule has 3 heterocycles. The average Bonchev–Trinajstić information content (AvgIpc) is 3.46. The maximum Gasteiger partial charge on any atom is 0.289 e. The Balaban J connectivity index is 1.22. The average molecular weight is 430 g/mol. The summed E-state index contributed by atoms with van der Waals surface area (Å²) in [4.78, 5) is 29.1. The van der Waals surface area contributed by atoms with E-state index in [-0.39, 0.29) is 17.7 Å². The van der Waals surface area contributed by atoms with Crippen LogP contribution in [0.5, 0.6) is 0 Å². The number of benzene rings is 1. The molecule has 2 amide bonds. The van der Waals surface area contributed by atoms with Gasteiger partial charge in [-0.1, -0.05) is 17.7 Å². The molecule has 1 N–H and O–H groups in total. The van der Waals surface area contributed by atoms with E-state index in [0.29, 0.717) is 44.2 Å². The zero-order chi connectivity index (χ0) is 21.1. The molecule has 0 radical (unpaired) electrons. The molecule has 0 spiro atoms. The molecule has 4 rings (SSSR count). The molecule has 30 heavy (non-hydrogen) atoms. The summed E-state index contributed by atoms with van der Waals surface area (Å²) in [5.74, 6) is 0.781. The molecule has 1 aromatic heterocycles. The van der Waals surface area contributed by atoms with Gasteiger partial charge in [0.15, 0.2) is 5.76 Å². The molecule has 2 fully saturated rings. The number of hydrogen-bond donors (Lipinski definition) is 1. The second-order valence-electron chi connectivity index (χ2n) is 8.32. The number of rotatable bonds is 5. The van der Waals surface area contributed by atoms with Crippen molar-refractivity contribution in [2.24, 2.45) is 11.8 Å². The highest BCUT2D eigenvalue weighted by atomic mass is 35.5. The van der Waals surface area contributed by atoms with Gasteiger partial charge in [0, 0.05) is 49.4 Å². The first-order valence-electron chi connectivity index (χ1n) is 10.6. The third-order valence-corrected chi connectivity index (χ3v) is 6.48. The number of aryl methyl sites for hydroxylation is 1. The van der Waals surface area contributed by atoms with Gasteiger partial charge in [-0.2, -0.15) is 0 Å². The van der Waals surface area contributed by atoms with Crippen molar-refractivity contribution in [2.75, 3.05) is 37.6 Å². The fourth-order valence-electron chi connectivity index (χ4n) is 4.43. The van der Waals surface area contributed by atoms with Gasteiger partial charge in [0.2, 0.25) is 5.91 Å². The van der Waals surface area contributed by atoms with Crippen molar-refractivity contribution < 1.29 is 14.0 Å². The van der Waals surface area contributed by atoms with Gasteiger partial charge in [-0.3, -0.25) is 9.59 Å². The minimum absolute atomic E-state index is 0.0293. The van der Waals surface area contributed by atoms with E-state index in [0.717, 1.165) is 24.5 Å². The van der Waals surface area contributed by atoms with Crippen molar-refractivity contribution in [3.63, 3.8) is 0 Å². The number of carbonyl (C=O) groups is 2. The molecule has 0 bridgehead atoms. The SMILES string of the molecule is Cc1ccc(Cl)cc1N1CCC(CNC(=O)C2CCN(C(=O)c3ccco3)CC2)C1. The van der Waals surface area contributed by atoms with Crippen LogP contribution in [0.2, 0.25) is 5.02 Å². The molecule has 2 aliphatic rings. The second kappa shape index (κ2) is 9.13. The lowest BCUT2D eigenvalue weighted by molar-refractivity contribution is -0.126. The van der Waals surface area contributed by atoms with E-state index in [1.165, 1.54) is 17.5 Å². The molecule has 7 heteroatoms. The third kappa shape index (κ3) is 4.64. The van der Waals surface area contributed by atoms with Crippen LogP contribution < -0.4 is 10.2 Å². The van der Waals surface area contributed by atoms with Crippen LogP contribution in [-0.4, -0.2) is 49.4 Å². The maximum atomic E-state index is 12.6. The van der Waals surface area contributed by atoms with Crippen molar-refractivity contribution in [1.82, 2.24) is 10.2 Å². The molecule has 6 nitrogen and oxygen atoms in total. The van der Waals surface area contributed by atoms with E-state index in [1.807, 2.05) is 12.1 Å². The number of piperidine rings is 1. The topological polar surface area (TPSA) is 65.8 Å². The maximum absolute atomic E-state index is 12.6. The Kier molecular flexibility index (Phi) is 6.32. The van der Waals surface area contributed by atoms with E-state index < -0.39 is 0 Å². The number of halogens is 1. The second-order valence-corrected chi connectivity index (χ2v) is 8.76. The van der Waals surface area contributed by atoms with Crippen molar-refractivity contribution in [2.45, 2.75) is 26.2 Å². The van der Waals surface area contributed by atoms with Crippen molar-refractivity contribution in [3.05, 3.63) is 52.9 Å². The highest BCUT2D eigenvalue weighted by molar-refractivity contribution is 6.30. The van der Waals surface area contributed by atoms with Gasteiger partial charge in [-0.15, -0.1) is 0 Å². The number of hydrogen-bond acceptors (Lipinski definition) is 4. The predicted molar refractivity (Wildman–Crippen MR) is 117 cm³/mol. The fraction of sp³-hybridized carbons (Fsp3) is 0.478. The van der Waals surface area contributed by atoms with Gasteiger partial charge in [-0.25, -0.2) is 0 Å². The number of anilines is 1. The van der Waals surface area contributed by atoms with E-state index in [2.05, 4.69) is 23.2 Å². The van der Waals surface area contributed by atoms with Gasteiger partial charge < -0.3 is 19.5 Å². The number of nitrogens with one attached hydrogen (secondary N) is 1. The Morgan fingerprint density at radius 3 is 2.70 bits per heavy atom. The molecule has 2 aliphatic heterocycles. The van der Waals surface area contributed by atoms with Crippen LogP contribution in [0.4, 0.5) is 5.69 Å². The predicted octanol–water partition coefficient (Wildman–Crippen LogP) is 3.74. The molecule has 0 aliphatic carbocycles. The summed E-state index contributed by atoms with van der Waals surface area (Å²) in [6, 6.07) is 9.38. The largest absolute Gasteiger partial charge is 0.459 e. The molecule has 2 saturated heterocycles. The van der Waals surface area contributed by atoms with Gasteiger partial charge in [0.05, 0.1) is 6.26 Å². The van der Waals surface area contributed by atoms with Crippen LogP contribution in [0.3, 0.4) is 0 Å². The highest BCUT2D eigenvalue weighted by Gasteiger charge is 2.30. The van der Waals surface area contributed by atoms with Gasteiger partial charge >= 0.3 is 0 Å². The summed E-state index contributed by atoms with van der Waals surface area (Å²) in [5, 5.41) is 3.90. The number of furan rings is 1. The molecule has 1 atom stereocenters. The van der Waals surface area contributed by atoms with Crippen LogP contribution in [0.25, 0.3) is 0 Å². The van der Waals surface area contributed by atoms with Crippen molar-refractivity contribution in [1.29, 1.82) is 0 Å². The first kappa shape index (κ1) is 20.8. The van der Waals surface area contributed by atoms with E-state index in [9.17, 15) is 9.59 Å². The van der Waals surface area contributed by atoms with Crippen molar-refractivity contribution >= 4 is 29.1 Å². The smallest absolute Gasteiger partial charge is 0.289 e. The Morgan fingerprint density at radius 2 is 1.97 bits per heavy atom. The summed E-state index contributed by atoms with van der Waals surface area (Å²) in [6.07, 6.45) is 3.95. The third-order valence-electron chi connectivity index (χ3n) is 6.25. The van der Waals surface area contributed by atoms with Gasteiger partial charge in [0.1, 0.15) is 0 Å². The highest BCUT2D eigenvalue weighted by Crippen LogP contribution is 2.29. The van der Waals surface area contributed by atoms with Crippen LogP contribution in [0.15, 0.2) is 41.0 Å². The van der Waals surface area contributed by atoms with Crippen LogP contribution in [0, 0.1) is 18.8 Å². The van der Waals surface area contributed by atoms with Gasteiger partial charge in [-0.05, 0) is 61.9 Å². The summed E-state index contributed by atoms with van der Waals surface area (Å²) in [7, 11) is 0. The minimum Gasteiger partial charge on any atom is -0.459 e. The van der Waals surface area contributed by atoms with Crippen LogP contribution in [0.1, 0.15) is 35.4 Å². The van der Waals surface area contributed by atoms with E-state index >= 15 is 0 Å². The quantitative estimate of drug-likeness (QED) is 0.786. The zero-order valence-electron chi connectivity index (χ0n) is 17.3. The first-order valence-corrected chi connectivity index (χ1v) is 11.0. The molecular formula is C23H28ClN3O3. The summed E-state index contributed by atoms with van der Waals surface area (Å²) >= 11 is 6.17. The standard InChI is InChI=1S/C23H28ClN3O3/c1-16-4-5-19(24)13-20(16)27-9-6-17(15-27)14-25-22(28)18-7-10-26(11-8-18)23(29)21-3-2-12-30-21/h2-5,12-13,17-18H,6-11,14-15H2,1H3,(H,25,28). The Hall–Kier alpha value is -2.47. The monoisotopic (exact) mass is 429 g/mol. The summed E-state index contributed by atoms with van der Waals surface area (Å²) in [6.45, 7) is 5.88. The number of amides is 2. The lowest BCUT2D eigenvalue weighted by Gasteiger charge is -2.31. The van der Waals surface area contributed by atoms with Crippen molar-refractivity contribution in [3.8, 4) is 0 Å². The number of nitrogens with zero attached hydrogens (tertiary/aromatic N) is 2. The number of likely N-dealkylation sites (tertiary alicyclic amines) is 1. The van der Waals surface area contributed by atoms with E-state index in [1.54, 1.807) is 17.0 Å². The van der Waals surface area contributed by atoms with Crippen LogP contribution >= 0.6 is 11.6 Å². The molecule has 160 valence electrons. The zero-order valence-corrected chi connectivity index (χ0v) is 18.0. The Morgan fingerprint density at radius 1 is 1.17 bits per heavy atom. The summed E-state index contributed by atoms with van der Waals surface area (Å²) in [5.41, 5.74) is 2.41. The molecular weight excluding hydrogens is 402 g/mol. The number of carbonyl (C=O) groups excluding carboxylic acids is 2. The Labute approximate surface area is 182 Å².